The summed E-state index contributed by atoms with van der Waals surface area (Å²) in [6.07, 6.45) is -0.0698. The molecule has 3 aromatic rings. The standard InChI is InChI=1S/C27H26N2O4/c1-18-9-11-21(12-10-18)26(31)28(19(2)20-7-5-4-6-8-20)24-17-25(30)29(27(24)32)22-13-15-23(33-3)16-14-22/h4-16,19,24H,17H2,1-3H3. The smallest absolute Gasteiger partial charge is 0.257 e. The van der Waals surface area contributed by atoms with Gasteiger partial charge in [-0.05, 0) is 55.8 Å². The van der Waals surface area contributed by atoms with Crippen molar-refractivity contribution in [1.82, 2.24) is 4.90 Å². The fourth-order valence-corrected chi connectivity index (χ4v) is 4.16. The molecule has 1 aliphatic rings. The summed E-state index contributed by atoms with van der Waals surface area (Å²) < 4.78 is 5.17. The van der Waals surface area contributed by atoms with Gasteiger partial charge in [-0.25, -0.2) is 4.90 Å². The van der Waals surface area contributed by atoms with Gasteiger partial charge in [0.25, 0.3) is 11.8 Å². The Balaban J connectivity index is 1.71. The highest BCUT2D eigenvalue weighted by Crippen LogP contribution is 2.33. The second-order valence-corrected chi connectivity index (χ2v) is 8.15. The average molecular weight is 443 g/mol. The van der Waals surface area contributed by atoms with Crippen molar-refractivity contribution in [3.8, 4) is 5.75 Å². The molecule has 6 heteroatoms. The van der Waals surface area contributed by atoms with Crippen LogP contribution in [0.2, 0.25) is 0 Å². The summed E-state index contributed by atoms with van der Waals surface area (Å²) in [6.45, 7) is 3.83. The van der Waals surface area contributed by atoms with Gasteiger partial charge in [0.2, 0.25) is 5.91 Å². The maximum atomic E-state index is 13.7. The van der Waals surface area contributed by atoms with Crippen LogP contribution in [0.25, 0.3) is 0 Å². The van der Waals surface area contributed by atoms with Gasteiger partial charge in [-0.2, -0.15) is 0 Å². The molecule has 0 bridgehead atoms. The number of amides is 3. The molecule has 1 saturated heterocycles. The van der Waals surface area contributed by atoms with E-state index in [4.69, 9.17) is 4.74 Å². The third-order valence-corrected chi connectivity index (χ3v) is 6.02. The second kappa shape index (κ2) is 9.28. The van der Waals surface area contributed by atoms with Crippen molar-refractivity contribution in [3.63, 3.8) is 0 Å². The molecule has 4 rings (SSSR count). The van der Waals surface area contributed by atoms with Crippen molar-refractivity contribution in [2.24, 2.45) is 0 Å². The number of methoxy groups -OCH3 is 1. The maximum Gasteiger partial charge on any atom is 0.257 e. The first-order chi connectivity index (χ1) is 15.9. The Morgan fingerprint density at radius 2 is 1.61 bits per heavy atom. The summed E-state index contributed by atoms with van der Waals surface area (Å²) in [5, 5.41) is 0. The van der Waals surface area contributed by atoms with Gasteiger partial charge in [-0.15, -0.1) is 0 Å². The van der Waals surface area contributed by atoms with E-state index in [-0.39, 0.29) is 18.2 Å². The van der Waals surface area contributed by atoms with E-state index < -0.39 is 18.0 Å². The molecule has 0 aromatic heterocycles. The molecule has 168 valence electrons. The fraction of sp³-hybridized carbons (Fsp3) is 0.222. The van der Waals surface area contributed by atoms with E-state index in [0.717, 1.165) is 16.0 Å². The maximum absolute atomic E-state index is 13.7. The number of rotatable bonds is 6. The van der Waals surface area contributed by atoms with Crippen molar-refractivity contribution in [1.29, 1.82) is 0 Å². The topological polar surface area (TPSA) is 66.9 Å². The van der Waals surface area contributed by atoms with E-state index in [1.807, 2.05) is 56.3 Å². The number of ether oxygens (including phenoxy) is 1. The lowest BCUT2D eigenvalue weighted by Gasteiger charge is -2.33. The van der Waals surface area contributed by atoms with Crippen LogP contribution < -0.4 is 9.64 Å². The van der Waals surface area contributed by atoms with Crippen LogP contribution in [-0.4, -0.2) is 35.8 Å². The Bertz CT molecular complexity index is 1160. The van der Waals surface area contributed by atoms with Crippen molar-refractivity contribution in [2.45, 2.75) is 32.4 Å². The summed E-state index contributed by atoms with van der Waals surface area (Å²) in [5.74, 6) is -0.400. The highest BCUT2D eigenvalue weighted by atomic mass is 16.5. The zero-order chi connectivity index (χ0) is 23.5. The van der Waals surface area contributed by atoms with Crippen LogP contribution in [0.1, 0.15) is 40.9 Å². The van der Waals surface area contributed by atoms with Crippen LogP contribution in [0, 0.1) is 6.92 Å². The monoisotopic (exact) mass is 442 g/mol. The molecular formula is C27H26N2O4. The molecule has 0 spiro atoms. The molecule has 3 aromatic carbocycles. The first-order valence-electron chi connectivity index (χ1n) is 10.9. The number of anilines is 1. The Morgan fingerprint density at radius 3 is 2.21 bits per heavy atom. The zero-order valence-electron chi connectivity index (χ0n) is 18.9. The molecule has 1 fully saturated rings. The number of imide groups is 1. The molecular weight excluding hydrogens is 416 g/mol. The predicted molar refractivity (Wildman–Crippen MR) is 126 cm³/mol. The molecule has 2 unspecified atom stereocenters. The average Bonchev–Trinajstić information content (AvgIpc) is 3.13. The van der Waals surface area contributed by atoms with Crippen molar-refractivity contribution in [2.75, 3.05) is 12.0 Å². The molecule has 0 saturated carbocycles. The van der Waals surface area contributed by atoms with Crippen LogP contribution in [-0.2, 0) is 9.59 Å². The number of carbonyl (C=O) groups is 3. The largest absolute Gasteiger partial charge is 0.497 e. The number of carbonyl (C=O) groups excluding carboxylic acids is 3. The third kappa shape index (κ3) is 4.37. The lowest BCUT2D eigenvalue weighted by atomic mass is 10.0. The van der Waals surface area contributed by atoms with Crippen LogP contribution in [0.15, 0.2) is 78.9 Å². The number of hydrogen-bond acceptors (Lipinski definition) is 4. The SMILES string of the molecule is COc1ccc(N2C(=O)CC(N(C(=O)c3ccc(C)cc3)C(C)c3ccccc3)C2=O)cc1. The number of nitrogens with zero attached hydrogens (tertiary/aromatic N) is 2. The summed E-state index contributed by atoms with van der Waals surface area (Å²) in [7, 11) is 1.55. The molecule has 0 radical (unpaired) electrons. The van der Waals surface area contributed by atoms with Crippen LogP contribution in [0.3, 0.4) is 0 Å². The minimum absolute atomic E-state index is 0.0698. The Kier molecular flexibility index (Phi) is 6.27. The first kappa shape index (κ1) is 22.3. The second-order valence-electron chi connectivity index (χ2n) is 8.15. The molecule has 2 atom stereocenters. The molecule has 3 amide bonds. The summed E-state index contributed by atoms with van der Waals surface area (Å²) >= 11 is 0. The van der Waals surface area contributed by atoms with Crippen molar-refractivity contribution in [3.05, 3.63) is 95.6 Å². The lowest BCUT2D eigenvalue weighted by Crippen LogP contribution is -2.46. The predicted octanol–water partition coefficient (Wildman–Crippen LogP) is 4.54. The van der Waals surface area contributed by atoms with Crippen LogP contribution in [0.4, 0.5) is 5.69 Å². The molecule has 1 heterocycles. The van der Waals surface area contributed by atoms with E-state index in [1.165, 1.54) is 0 Å². The van der Waals surface area contributed by atoms with Crippen molar-refractivity contribution >= 4 is 23.4 Å². The van der Waals surface area contributed by atoms with Gasteiger partial charge < -0.3 is 9.64 Å². The summed E-state index contributed by atoms with van der Waals surface area (Å²) in [5.41, 5.74) is 2.86. The number of aryl methyl sites for hydroxylation is 1. The molecule has 33 heavy (non-hydrogen) atoms. The van der Waals surface area contributed by atoms with Gasteiger partial charge >= 0.3 is 0 Å². The molecule has 1 aliphatic heterocycles. The van der Waals surface area contributed by atoms with E-state index in [2.05, 4.69) is 0 Å². The van der Waals surface area contributed by atoms with Crippen LogP contribution >= 0.6 is 0 Å². The van der Waals surface area contributed by atoms with Gasteiger partial charge in [-0.1, -0.05) is 48.0 Å². The van der Waals surface area contributed by atoms with E-state index in [0.29, 0.717) is 17.0 Å². The van der Waals surface area contributed by atoms with E-state index in [1.54, 1.807) is 48.4 Å². The number of benzene rings is 3. The van der Waals surface area contributed by atoms with E-state index in [9.17, 15) is 14.4 Å². The van der Waals surface area contributed by atoms with E-state index >= 15 is 0 Å². The summed E-state index contributed by atoms with van der Waals surface area (Å²) in [4.78, 5) is 42.8. The highest BCUT2D eigenvalue weighted by Gasteiger charge is 2.46. The van der Waals surface area contributed by atoms with Gasteiger partial charge in [0.05, 0.1) is 25.3 Å². The fourth-order valence-electron chi connectivity index (χ4n) is 4.16. The number of hydrogen-bond donors (Lipinski definition) is 0. The Hall–Kier alpha value is -3.93. The van der Waals surface area contributed by atoms with Gasteiger partial charge in [-0.3, -0.25) is 14.4 Å². The molecule has 6 nitrogen and oxygen atoms in total. The van der Waals surface area contributed by atoms with Gasteiger partial charge in [0.1, 0.15) is 11.8 Å². The lowest BCUT2D eigenvalue weighted by molar-refractivity contribution is -0.122. The van der Waals surface area contributed by atoms with Gasteiger partial charge in [0.15, 0.2) is 0 Å². The first-order valence-corrected chi connectivity index (χ1v) is 10.9. The quantitative estimate of drug-likeness (QED) is 0.526. The van der Waals surface area contributed by atoms with Gasteiger partial charge in [0, 0.05) is 5.56 Å². The zero-order valence-corrected chi connectivity index (χ0v) is 18.9. The molecule has 0 aliphatic carbocycles. The molecule has 0 N–H and O–H groups in total. The minimum atomic E-state index is -0.899. The normalized spacial score (nSPS) is 16.6. The minimum Gasteiger partial charge on any atom is -0.497 e. The third-order valence-electron chi connectivity index (χ3n) is 6.02. The van der Waals surface area contributed by atoms with Crippen LogP contribution in [0.5, 0.6) is 5.75 Å². The summed E-state index contributed by atoms with van der Waals surface area (Å²) in [6, 6.07) is 22.2. The van der Waals surface area contributed by atoms with Crippen molar-refractivity contribution < 1.29 is 19.1 Å². The Labute approximate surface area is 193 Å². The Morgan fingerprint density at radius 1 is 0.970 bits per heavy atom. The highest BCUT2D eigenvalue weighted by molar-refractivity contribution is 6.23.